The highest BCUT2D eigenvalue weighted by Gasteiger charge is 2.20. The maximum atomic E-state index is 2.37. The summed E-state index contributed by atoms with van der Waals surface area (Å²) >= 11 is 1.81. The van der Waals surface area contributed by atoms with Crippen LogP contribution in [-0.2, 0) is 5.41 Å². The van der Waals surface area contributed by atoms with Gasteiger partial charge in [-0.05, 0) is 47.5 Å². The van der Waals surface area contributed by atoms with Crippen molar-refractivity contribution in [1.82, 2.24) is 4.40 Å². The smallest absolute Gasteiger partial charge is 0.0490 e. The van der Waals surface area contributed by atoms with E-state index in [0.717, 1.165) is 0 Å². The van der Waals surface area contributed by atoms with E-state index in [0.29, 0.717) is 0 Å². The first-order valence-electron chi connectivity index (χ1n) is 6.63. The summed E-state index contributed by atoms with van der Waals surface area (Å²) in [5, 5.41) is 2.14. The van der Waals surface area contributed by atoms with E-state index in [2.05, 4.69) is 74.0 Å². The van der Waals surface area contributed by atoms with Crippen molar-refractivity contribution in [2.45, 2.75) is 33.1 Å². The summed E-state index contributed by atoms with van der Waals surface area (Å²) in [5.74, 6) is 0. The van der Waals surface area contributed by atoms with Crippen molar-refractivity contribution in [3.05, 3.63) is 53.2 Å². The summed E-state index contributed by atoms with van der Waals surface area (Å²) in [6.45, 7) is 9.04. The van der Waals surface area contributed by atoms with Crippen LogP contribution >= 0.6 is 11.3 Å². The second-order valence-corrected chi connectivity index (χ2v) is 7.00. The Morgan fingerprint density at radius 1 is 1.11 bits per heavy atom. The number of nitrogens with zero attached hydrogens (tertiary/aromatic N) is 1. The number of rotatable bonds is 1. The topological polar surface area (TPSA) is 4.41 Å². The molecule has 0 atom stereocenters. The molecule has 0 bridgehead atoms. The zero-order valence-electron chi connectivity index (χ0n) is 11.9. The van der Waals surface area contributed by atoms with Crippen molar-refractivity contribution in [3.63, 3.8) is 0 Å². The Hall–Kier alpha value is -1.54. The third-order valence-corrected chi connectivity index (χ3v) is 4.56. The fraction of sp³-hybridized carbons (Fsp3) is 0.294. The van der Waals surface area contributed by atoms with Gasteiger partial charge in [0, 0.05) is 27.8 Å². The molecule has 0 spiro atoms. The summed E-state index contributed by atoms with van der Waals surface area (Å²) < 4.78 is 2.32. The first-order valence-corrected chi connectivity index (χ1v) is 7.51. The van der Waals surface area contributed by atoms with Gasteiger partial charge in [0.1, 0.15) is 0 Å². The Labute approximate surface area is 118 Å². The third-order valence-electron chi connectivity index (χ3n) is 3.66. The SMILES string of the molecule is Cc1c(-c2cccs2)cc(C(C)(C)C)c2cccn12. The molecule has 2 heteroatoms. The lowest BCUT2D eigenvalue weighted by atomic mass is 9.85. The van der Waals surface area contributed by atoms with Gasteiger partial charge in [0.2, 0.25) is 0 Å². The van der Waals surface area contributed by atoms with Gasteiger partial charge in [0.15, 0.2) is 0 Å². The maximum absolute atomic E-state index is 2.37. The molecule has 0 amide bonds. The monoisotopic (exact) mass is 269 g/mol. The van der Waals surface area contributed by atoms with E-state index in [-0.39, 0.29) is 5.41 Å². The summed E-state index contributed by atoms with van der Waals surface area (Å²) in [6, 6.07) is 11.0. The third kappa shape index (κ3) is 2.00. The van der Waals surface area contributed by atoms with Crippen LogP contribution in [0.4, 0.5) is 0 Å². The van der Waals surface area contributed by atoms with Crippen molar-refractivity contribution >= 4 is 16.9 Å². The first kappa shape index (κ1) is 12.5. The zero-order chi connectivity index (χ0) is 13.6. The number of aryl methyl sites for hydroxylation is 1. The van der Waals surface area contributed by atoms with E-state index in [1.54, 1.807) is 0 Å². The molecule has 3 aromatic heterocycles. The Balaban J connectivity index is 2.38. The van der Waals surface area contributed by atoms with Crippen LogP contribution in [0.1, 0.15) is 32.0 Å². The highest BCUT2D eigenvalue weighted by atomic mass is 32.1. The second kappa shape index (κ2) is 4.24. The minimum Gasteiger partial charge on any atom is -0.320 e. The predicted molar refractivity (Wildman–Crippen MR) is 84.1 cm³/mol. The molecule has 0 fully saturated rings. The number of pyridine rings is 1. The van der Waals surface area contributed by atoms with E-state index in [1.807, 2.05) is 11.3 Å². The van der Waals surface area contributed by atoms with Crippen LogP contribution in [0.2, 0.25) is 0 Å². The number of aromatic nitrogens is 1. The van der Waals surface area contributed by atoms with Gasteiger partial charge in [0.25, 0.3) is 0 Å². The van der Waals surface area contributed by atoms with Gasteiger partial charge in [-0.15, -0.1) is 11.3 Å². The molecule has 0 aromatic carbocycles. The molecule has 0 aliphatic carbocycles. The molecule has 19 heavy (non-hydrogen) atoms. The Morgan fingerprint density at radius 3 is 2.53 bits per heavy atom. The van der Waals surface area contributed by atoms with Crippen molar-refractivity contribution in [2.75, 3.05) is 0 Å². The molecule has 1 nitrogen and oxygen atoms in total. The van der Waals surface area contributed by atoms with Crippen molar-refractivity contribution < 1.29 is 0 Å². The van der Waals surface area contributed by atoms with Crippen LogP contribution < -0.4 is 0 Å². The molecule has 0 saturated carbocycles. The normalized spacial score (nSPS) is 12.2. The number of hydrogen-bond acceptors (Lipinski definition) is 1. The molecule has 0 N–H and O–H groups in total. The lowest BCUT2D eigenvalue weighted by Crippen LogP contribution is -2.13. The Morgan fingerprint density at radius 2 is 1.89 bits per heavy atom. The molecular weight excluding hydrogens is 250 g/mol. The molecule has 3 rings (SSSR count). The standard InChI is InChI=1S/C17H19NS/c1-12-13(16-8-6-10-19-16)11-14(17(2,3)4)15-7-5-9-18(12)15/h5-11H,1-4H3. The molecule has 0 aliphatic rings. The summed E-state index contributed by atoms with van der Waals surface area (Å²) in [7, 11) is 0. The summed E-state index contributed by atoms with van der Waals surface area (Å²) in [6.07, 6.45) is 2.16. The number of hydrogen-bond donors (Lipinski definition) is 0. The van der Waals surface area contributed by atoms with Gasteiger partial charge >= 0.3 is 0 Å². The van der Waals surface area contributed by atoms with E-state index >= 15 is 0 Å². The van der Waals surface area contributed by atoms with Gasteiger partial charge in [-0.1, -0.05) is 26.8 Å². The van der Waals surface area contributed by atoms with Crippen LogP contribution in [0.15, 0.2) is 41.9 Å². The Bertz CT molecular complexity index is 712. The molecule has 0 saturated heterocycles. The molecule has 0 aliphatic heterocycles. The molecule has 3 aromatic rings. The molecule has 3 heterocycles. The van der Waals surface area contributed by atoms with Crippen LogP contribution in [0, 0.1) is 6.92 Å². The van der Waals surface area contributed by atoms with E-state index in [1.165, 1.54) is 27.2 Å². The molecule has 0 radical (unpaired) electrons. The number of fused-ring (bicyclic) bond motifs is 1. The fourth-order valence-corrected chi connectivity index (χ4v) is 3.42. The van der Waals surface area contributed by atoms with Gasteiger partial charge in [0.05, 0.1) is 0 Å². The summed E-state index contributed by atoms with van der Waals surface area (Å²) in [4.78, 5) is 1.35. The minimum absolute atomic E-state index is 0.152. The largest absolute Gasteiger partial charge is 0.320 e. The highest BCUT2D eigenvalue weighted by Crippen LogP contribution is 2.35. The molecule has 0 unspecified atom stereocenters. The molecule has 98 valence electrons. The van der Waals surface area contributed by atoms with Gasteiger partial charge in [-0.25, -0.2) is 0 Å². The predicted octanol–water partition coefficient (Wildman–Crippen LogP) is 5.27. The first-order chi connectivity index (χ1) is 8.98. The van der Waals surface area contributed by atoms with Gasteiger partial charge in [-0.2, -0.15) is 0 Å². The van der Waals surface area contributed by atoms with Crippen LogP contribution in [0.25, 0.3) is 16.0 Å². The van der Waals surface area contributed by atoms with Gasteiger partial charge < -0.3 is 4.40 Å². The van der Waals surface area contributed by atoms with Gasteiger partial charge in [-0.3, -0.25) is 0 Å². The average Bonchev–Trinajstić information content (AvgIpc) is 2.98. The lowest BCUT2D eigenvalue weighted by Gasteiger charge is -2.23. The van der Waals surface area contributed by atoms with Crippen LogP contribution in [0.3, 0.4) is 0 Å². The van der Waals surface area contributed by atoms with E-state index in [9.17, 15) is 0 Å². The second-order valence-electron chi connectivity index (χ2n) is 6.05. The van der Waals surface area contributed by atoms with Crippen molar-refractivity contribution in [3.8, 4) is 10.4 Å². The lowest BCUT2D eigenvalue weighted by molar-refractivity contribution is 0.593. The zero-order valence-corrected chi connectivity index (χ0v) is 12.7. The van der Waals surface area contributed by atoms with Crippen LogP contribution in [0.5, 0.6) is 0 Å². The highest BCUT2D eigenvalue weighted by molar-refractivity contribution is 7.13. The van der Waals surface area contributed by atoms with Crippen molar-refractivity contribution in [2.24, 2.45) is 0 Å². The van der Waals surface area contributed by atoms with Crippen LogP contribution in [-0.4, -0.2) is 4.40 Å². The van der Waals surface area contributed by atoms with E-state index in [4.69, 9.17) is 0 Å². The minimum atomic E-state index is 0.152. The average molecular weight is 269 g/mol. The number of thiophene rings is 1. The van der Waals surface area contributed by atoms with Crippen molar-refractivity contribution in [1.29, 1.82) is 0 Å². The maximum Gasteiger partial charge on any atom is 0.0490 e. The Kier molecular flexibility index (Phi) is 2.79. The quantitative estimate of drug-likeness (QED) is 0.566. The summed E-state index contributed by atoms with van der Waals surface area (Å²) in [5.41, 5.74) is 5.55. The van der Waals surface area contributed by atoms with E-state index < -0.39 is 0 Å². The molecular formula is C17H19NS. The fourth-order valence-electron chi connectivity index (χ4n) is 2.63.